The largest absolute Gasteiger partial charge is 0.388 e. The minimum absolute atomic E-state index is 0.0114. The Labute approximate surface area is 202 Å². The highest BCUT2D eigenvalue weighted by atomic mass is 16.7. The molecule has 1 aliphatic rings. The molecule has 1 heterocycles. The van der Waals surface area contributed by atoms with Gasteiger partial charge in [0.1, 0.15) is 6.10 Å². The van der Waals surface area contributed by atoms with Gasteiger partial charge in [0.2, 0.25) is 0 Å². The summed E-state index contributed by atoms with van der Waals surface area (Å²) in [7, 11) is 0. The molecule has 0 bridgehead atoms. The van der Waals surface area contributed by atoms with E-state index in [0.717, 1.165) is 47.1 Å². The van der Waals surface area contributed by atoms with E-state index in [9.17, 15) is 5.11 Å². The zero-order valence-electron chi connectivity index (χ0n) is 19.6. The fourth-order valence-corrected chi connectivity index (χ4v) is 4.64. The van der Waals surface area contributed by atoms with Crippen molar-refractivity contribution in [1.82, 2.24) is 5.48 Å². The van der Waals surface area contributed by atoms with Gasteiger partial charge in [-0.15, -0.1) is 0 Å². The van der Waals surface area contributed by atoms with Gasteiger partial charge in [0.05, 0.1) is 12.1 Å². The Morgan fingerprint density at radius 1 is 0.853 bits per heavy atom. The Morgan fingerprint density at radius 3 is 2.26 bits per heavy atom. The fraction of sp³-hybridized carbons (Fsp3) is 0.357. The van der Waals surface area contributed by atoms with E-state index in [4.69, 9.17) is 22.0 Å². The Hall–Kier alpha value is -2.58. The zero-order valence-corrected chi connectivity index (χ0v) is 19.6. The third-order valence-corrected chi connectivity index (χ3v) is 6.55. The van der Waals surface area contributed by atoms with Crippen LogP contribution in [0, 0.1) is 0 Å². The van der Waals surface area contributed by atoms with Crippen LogP contribution in [0.5, 0.6) is 0 Å². The molecule has 0 saturated carbocycles. The Balaban J connectivity index is 1.41. The summed E-state index contributed by atoms with van der Waals surface area (Å²) in [5.41, 5.74) is 27.6. The van der Waals surface area contributed by atoms with E-state index in [0.29, 0.717) is 19.5 Å². The lowest BCUT2D eigenvalue weighted by Crippen LogP contribution is -2.16. The van der Waals surface area contributed by atoms with E-state index in [1.807, 2.05) is 36.4 Å². The summed E-state index contributed by atoms with van der Waals surface area (Å²) in [6.07, 6.45) is 2.29. The van der Waals surface area contributed by atoms with Crippen molar-refractivity contribution in [1.29, 1.82) is 0 Å². The fourth-order valence-electron chi connectivity index (χ4n) is 4.64. The van der Waals surface area contributed by atoms with Crippen LogP contribution in [0.25, 0.3) is 0 Å². The van der Waals surface area contributed by atoms with Gasteiger partial charge >= 0.3 is 0 Å². The maximum absolute atomic E-state index is 10.8. The van der Waals surface area contributed by atoms with Gasteiger partial charge in [-0.3, -0.25) is 4.84 Å². The molecule has 34 heavy (non-hydrogen) atoms. The molecule has 4 rings (SSSR count). The average Bonchev–Trinajstić information content (AvgIpc) is 3.35. The number of hydrogen-bond acceptors (Lipinski definition) is 6. The molecule has 4 unspecified atom stereocenters. The quantitative estimate of drug-likeness (QED) is 0.316. The van der Waals surface area contributed by atoms with Crippen LogP contribution in [-0.2, 0) is 17.7 Å². The maximum atomic E-state index is 10.8. The van der Waals surface area contributed by atoms with Crippen LogP contribution in [0.1, 0.15) is 70.5 Å². The van der Waals surface area contributed by atoms with Gasteiger partial charge in [-0.2, -0.15) is 5.48 Å². The van der Waals surface area contributed by atoms with Crippen LogP contribution >= 0.6 is 0 Å². The SMILES string of the molecule is NCCc1cccc(C(O)CC(N)c2cccc(C3CC(c4cccc(CCN)c4)ON3)c2)c1. The summed E-state index contributed by atoms with van der Waals surface area (Å²) in [5.74, 6) is 0. The smallest absolute Gasteiger partial charge is 0.106 e. The van der Waals surface area contributed by atoms with Crippen molar-refractivity contribution < 1.29 is 9.94 Å². The maximum Gasteiger partial charge on any atom is 0.106 e. The second kappa shape index (κ2) is 11.7. The van der Waals surface area contributed by atoms with E-state index in [-0.39, 0.29) is 18.2 Å². The first-order chi connectivity index (χ1) is 16.6. The molecule has 1 saturated heterocycles. The standard InChI is InChI=1S/C28H36N4O2/c29-12-10-19-4-1-8-23(14-19)27(33)17-25(31)21-6-3-7-22(16-21)26-18-28(34-32-26)24-9-2-5-20(15-24)11-13-30/h1-9,14-16,25-28,32-33H,10-13,17-18,29-31H2. The first-order valence-electron chi connectivity index (χ1n) is 12.1. The molecule has 4 atom stereocenters. The van der Waals surface area contributed by atoms with Crippen molar-refractivity contribution in [3.8, 4) is 0 Å². The molecule has 0 aromatic heterocycles. The highest BCUT2D eigenvalue weighted by molar-refractivity contribution is 5.32. The number of nitrogens with one attached hydrogen (secondary N) is 1. The molecule has 0 amide bonds. The molecular weight excluding hydrogens is 424 g/mol. The van der Waals surface area contributed by atoms with Crippen LogP contribution in [0.4, 0.5) is 0 Å². The molecular formula is C28H36N4O2. The number of aliphatic hydroxyl groups excluding tert-OH is 1. The molecule has 0 aliphatic carbocycles. The lowest BCUT2D eigenvalue weighted by atomic mass is 9.92. The number of hydroxylamine groups is 1. The molecule has 6 heteroatoms. The monoisotopic (exact) mass is 460 g/mol. The Morgan fingerprint density at radius 2 is 1.50 bits per heavy atom. The number of hydrogen-bond donors (Lipinski definition) is 5. The molecule has 0 radical (unpaired) electrons. The Kier molecular flexibility index (Phi) is 8.45. The first-order valence-corrected chi connectivity index (χ1v) is 12.1. The summed E-state index contributed by atoms with van der Waals surface area (Å²) >= 11 is 0. The van der Waals surface area contributed by atoms with Gasteiger partial charge in [0, 0.05) is 12.5 Å². The molecule has 180 valence electrons. The van der Waals surface area contributed by atoms with E-state index < -0.39 is 6.10 Å². The second-order valence-corrected chi connectivity index (χ2v) is 9.11. The third kappa shape index (κ3) is 6.10. The molecule has 8 N–H and O–H groups in total. The molecule has 6 nitrogen and oxygen atoms in total. The van der Waals surface area contributed by atoms with Crippen LogP contribution in [0.2, 0.25) is 0 Å². The van der Waals surface area contributed by atoms with Gasteiger partial charge in [-0.05, 0) is 65.7 Å². The number of benzene rings is 3. The van der Waals surface area contributed by atoms with Gasteiger partial charge in [0.25, 0.3) is 0 Å². The summed E-state index contributed by atoms with van der Waals surface area (Å²) < 4.78 is 0. The summed E-state index contributed by atoms with van der Waals surface area (Å²) in [5, 5.41) is 10.8. The average molecular weight is 461 g/mol. The number of nitrogens with two attached hydrogens (primary N) is 3. The van der Waals surface area contributed by atoms with Crippen LogP contribution in [0.15, 0.2) is 72.8 Å². The second-order valence-electron chi connectivity index (χ2n) is 9.11. The zero-order chi connectivity index (χ0) is 23.9. The minimum Gasteiger partial charge on any atom is -0.388 e. The number of rotatable bonds is 10. The number of aliphatic hydroxyl groups is 1. The summed E-state index contributed by atoms with van der Waals surface area (Å²) in [6, 6.07) is 24.5. The van der Waals surface area contributed by atoms with E-state index in [2.05, 4.69) is 41.9 Å². The van der Waals surface area contributed by atoms with Crippen LogP contribution in [-0.4, -0.2) is 18.2 Å². The highest BCUT2D eigenvalue weighted by Crippen LogP contribution is 2.36. The highest BCUT2D eigenvalue weighted by Gasteiger charge is 2.28. The lowest BCUT2D eigenvalue weighted by Gasteiger charge is -2.19. The predicted molar refractivity (Wildman–Crippen MR) is 136 cm³/mol. The first kappa shape index (κ1) is 24.5. The summed E-state index contributed by atoms with van der Waals surface area (Å²) in [6.45, 7) is 1.22. The molecule has 3 aromatic carbocycles. The Bertz CT molecular complexity index is 1070. The van der Waals surface area contributed by atoms with Crippen molar-refractivity contribution in [3.63, 3.8) is 0 Å². The van der Waals surface area contributed by atoms with Gasteiger partial charge in [-0.1, -0.05) is 72.8 Å². The van der Waals surface area contributed by atoms with Crippen LogP contribution in [0.3, 0.4) is 0 Å². The van der Waals surface area contributed by atoms with Crippen molar-refractivity contribution in [3.05, 3.63) is 106 Å². The van der Waals surface area contributed by atoms with E-state index in [1.165, 1.54) is 5.56 Å². The third-order valence-electron chi connectivity index (χ3n) is 6.55. The molecule has 3 aromatic rings. The van der Waals surface area contributed by atoms with E-state index >= 15 is 0 Å². The minimum atomic E-state index is -0.630. The molecule has 1 fully saturated rings. The molecule has 1 aliphatic heterocycles. The van der Waals surface area contributed by atoms with Gasteiger partial charge in [0.15, 0.2) is 0 Å². The topological polar surface area (TPSA) is 120 Å². The van der Waals surface area contributed by atoms with Gasteiger partial charge < -0.3 is 22.3 Å². The molecule has 0 spiro atoms. The summed E-state index contributed by atoms with van der Waals surface area (Å²) in [4.78, 5) is 5.93. The lowest BCUT2D eigenvalue weighted by molar-refractivity contribution is 0.0255. The van der Waals surface area contributed by atoms with Crippen molar-refractivity contribution in [2.45, 2.75) is 50.0 Å². The van der Waals surface area contributed by atoms with Crippen molar-refractivity contribution >= 4 is 0 Å². The van der Waals surface area contributed by atoms with Crippen molar-refractivity contribution in [2.24, 2.45) is 17.2 Å². The normalized spacial score (nSPS) is 19.8. The van der Waals surface area contributed by atoms with Crippen LogP contribution < -0.4 is 22.7 Å². The predicted octanol–water partition coefficient (Wildman–Crippen LogP) is 3.52. The van der Waals surface area contributed by atoms with E-state index in [1.54, 1.807) is 0 Å². The van der Waals surface area contributed by atoms with Gasteiger partial charge in [-0.25, -0.2) is 0 Å². The van der Waals surface area contributed by atoms with Crippen molar-refractivity contribution in [2.75, 3.05) is 13.1 Å².